The standard InChI is InChI=1S/C27H30N2O2/c1-28(25(21-11-5-2-6-12-21)20-29-18-17-24(30)19-29)27(31)26(22-13-7-3-8-14-22)23-15-9-4-10-16-23/h2-16,24-26,30H,17-20H2,1H3/t24?,25-/m1/s1. The number of amides is 1. The van der Waals surface area contributed by atoms with E-state index in [-0.39, 0.29) is 24.0 Å². The minimum atomic E-state index is -0.359. The van der Waals surface area contributed by atoms with E-state index in [1.165, 1.54) is 0 Å². The van der Waals surface area contributed by atoms with Crippen molar-refractivity contribution in [3.63, 3.8) is 0 Å². The number of benzene rings is 3. The van der Waals surface area contributed by atoms with Crippen LogP contribution in [0, 0.1) is 0 Å². The van der Waals surface area contributed by atoms with Crippen LogP contribution in [0.5, 0.6) is 0 Å². The smallest absolute Gasteiger partial charge is 0.234 e. The third-order valence-corrected chi connectivity index (χ3v) is 6.19. The summed E-state index contributed by atoms with van der Waals surface area (Å²) in [6.45, 7) is 2.22. The average Bonchev–Trinajstić information content (AvgIpc) is 3.24. The summed E-state index contributed by atoms with van der Waals surface area (Å²) in [5, 5.41) is 9.99. The van der Waals surface area contributed by atoms with Crippen LogP contribution in [0.15, 0.2) is 91.0 Å². The van der Waals surface area contributed by atoms with E-state index in [1.54, 1.807) is 0 Å². The summed E-state index contributed by atoms with van der Waals surface area (Å²) in [5.74, 6) is -0.284. The van der Waals surface area contributed by atoms with Crippen molar-refractivity contribution in [2.45, 2.75) is 24.5 Å². The Morgan fingerprint density at radius 1 is 0.903 bits per heavy atom. The molecular weight excluding hydrogens is 384 g/mol. The minimum absolute atomic E-state index is 0.0750. The molecule has 1 saturated heterocycles. The number of likely N-dealkylation sites (tertiary alicyclic amines) is 1. The fraction of sp³-hybridized carbons (Fsp3) is 0.296. The van der Waals surface area contributed by atoms with Gasteiger partial charge in [-0.2, -0.15) is 0 Å². The van der Waals surface area contributed by atoms with Crippen LogP contribution in [0.25, 0.3) is 0 Å². The van der Waals surface area contributed by atoms with Crippen molar-refractivity contribution < 1.29 is 9.90 Å². The van der Waals surface area contributed by atoms with Gasteiger partial charge in [-0.3, -0.25) is 9.69 Å². The highest BCUT2D eigenvalue weighted by atomic mass is 16.3. The lowest BCUT2D eigenvalue weighted by Crippen LogP contribution is -2.41. The van der Waals surface area contributed by atoms with Crippen LogP contribution in [0.4, 0.5) is 0 Å². The summed E-state index contributed by atoms with van der Waals surface area (Å²) in [4.78, 5) is 18.1. The molecule has 1 aliphatic heterocycles. The highest BCUT2D eigenvalue weighted by molar-refractivity contribution is 5.87. The number of carbonyl (C=O) groups is 1. The third kappa shape index (κ3) is 5.04. The molecule has 160 valence electrons. The highest BCUT2D eigenvalue weighted by Gasteiger charge is 2.32. The molecule has 0 aromatic heterocycles. The maximum Gasteiger partial charge on any atom is 0.234 e. The molecule has 1 fully saturated rings. The predicted octanol–water partition coefficient (Wildman–Crippen LogP) is 4.08. The van der Waals surface area contributed by atoms with Crippen molar-refractivity contribution in [2.24, 2.45) is 0 Å². The molecule has 2 atom stereocenters. The fourth-order valence-electron chi connectivity index (χ4n) is 4.48. The van der Waals surface area contributed by atoms with Gasteiger partial charge in [-0.15, -0.1) is 0 Å². The zero-order valence-electron chi connectivity index (χ0n) is 18.0. The van der Waals surface area contributed by atoms with Gasteiger partial charge in [0.25, 0.3) is 0 Å². The normalized spacial score (nSPS) is 17.6. The first-order valence-corrected chi connectivity index (χ1v) is 11.0. The Kier molecular flexibility index (Phi) is 6.80. The molecule has 4 heteroatoms. The molecule has 0 saturated carbocycles. The number of rotatable bonds is 7. The van der Waals surface area contributed by atoms with Gasteiger partial charge in [0.15, 0.2) is 0 Å². The summed E-state index contributed by atoms with van der Waals surface area (Å²) >= 11 is 0. The molecule has 4 nitrogen and oxygen atoms in total. The van der Waals surface area contributed by atoms with Crippen molar-refractivity contribution in [3.05, 3.63) is 108 Å². The predicted molar refractivity (Wildman–Crippen MR) is 124 cm³/mol. The molecule has 1 aliphatic rings. The van der Waals surface area contributed by atoms with Gasteiger partial charge >= 0.3 is 0 Å². The number of hydrogen-bond acceptors (Lipinski definition) is 3. The number of aliphatic hydroxyl groups is 1. The number of likely N-dealkylation sites (N-methyl/N-ethyl adjacent to an activating group) is 1. The molecule has 4 rings (SSSR count). The van der Waals surface area contributed by atoms with Crippen LogP contribution >= 0.6 is 0 Å². The average molecular weight is 415 g/mol. The summed E-state index contributed by atoms with van der Waals surface area (Å²) < 4.78 is 0. The second kappa shape index (κ2) is 9.90. The van der Waals surface area contributed by atoms with Crippen LogP contribution in [-0.2, 0) is 4.79 Å². The number of nitrogens with zero attached hydrogens (tertiary/aromatic N) is 2. The molecule has 3 aromatic rings. The van der Waals surface area contributed by atoms with E-state index in [0.717, 1.165) is 29.7 Å². The number of β-amino-alcohol motifs (C(OH)–C–C–N with tert-alkyl or cyclic N) is 1. The maximum atomic E-state index is 14.0. The van der Waals surface area contributed by atoms with Crippen LogP contribution in [0.2, 0.25) is 0 Å². The number of carbonyl (C=O) groups excluding carboxylic acids is 1. The van der Waals surface area contributed by atoms with Crippen molar-refractivity contribution in [1.82, 2.24) is 9.80 Å². The molecule has 1 amide bonds. The number of aliphatic hydroxyl groups excluding tert-OH is 1. The monoisotopic (exact) mass is 414 g/mol. The quantitative estimate of drug-likeness (QED) is 0.633. The Morgan fingerprint density at radius 2 is 1.39 bits per heavy atom. The summed E-state index contributed by atoms with van der Waals surface area (Å²) in [6, 6.07) is 30.1. The molecule has 1 heterocycles. The van der Waals surface area contributed by atoms with Crippen LogP contribution in [0.1, 0.15) is 35.1 Å². The molecule has 0 radical (unpaired) electrons. The first-order chi connectivity index (χ1) is 15.1. The Labute approximate surface area is 184 Å². The molecule has 0 aliphatic carbocycles. The lowest BCUT2D eigenvalue weighted by Gasteiger charge is -2.34. The van der Waals surface area contributed by atoms with Gasteiger partial charge in [0, 0.05) is 26.7 Å². The Hall–Kier alpha value is -2.95. The van der Waals surface area contributed by atoms with Gasteiger partial charge in [0.05, 0.1) is 18.1 Å². The first kappa shape index (κ1) is 21.3. The third-order valence-electron chi connectivity index (χ3n) is 6.19. The van der Waals surface area contributed by atoms with Crippen LogP contribution < -0.4 is 0 Å². The van der Waals surface area contributed by atoms with Crippen molar-refractivity contribution in [2.75, 3.05) is 26.7 Å². The number of hydrogen-bond donors (Lipinski definition) is 1. The van der Waals surface area contributed by atoms with Crippen LogP contribution in [-0.4, -0.2) is 53.6 Å². The van der Waals surface area contributed by atoms with Gasteiger partial charge in [0.2, 0.25) is 5.91 Å². The van der Waals surface area contributed by atoms with Gasteiger partial charge in [-0.25, -0.2) is 0 Å². The van der Waals surface area contributed by atoms with E-state index in [9.17, 15) is 9.90 Å². The second-order valence-electron chi connectivity index (χ2n) is 8.33. The summed E-state index contributed by atoms with van der Waals surface area (Å²) in [7, 11) is 1.91. The topological polar surface area (TPSA) is 43.8 Å². The van der Waals surface area contributed by atoms with E-state index >= 15 is 0 Å². The zero-order chi connectivity index (χ0) is 21.6. The van der Waals surface area contributed by atoms with E-state index < -0.39 is 0 Å². The Balaban J connectivity index is 1.66. The Morgan fingerprint density at radius 3 is 1.84 bits per heavy atom. The van der Waals surface area contributed by atoms with Gasteiger partial charge < -0.3 is 10.0 Å². The van der Waals surface area contributed by atoms with Crippen molar-refractivity contribution in [1.29, 1.82) is 0 Å². The van der Waals surface area contributed by atoms with Gasteiger partial charge in [-0.1, -0.05) is 91.0 Å². The molecule has 31 heavy (non-hydrogen) atoms. The summed E-state index contributed by atoms with van der Waals surface area (Å²) in [5.41, 5.74) is 3.10. The van der Waals surface area contributed by atoms with E-state index in [0.29, 0.717) is 13.1 Å². The van der Waals surface area contributed by atoms with Gasteiger partial charge in [0.1, 0.15) is 0 Å². The SMILES string of the molecule is CN(C(=O)C(c1ccccc1)c1ccccc1)[C@H](CN1CCC(O)C1)c1ccccc1. The molecule has 0 spiro atoms. The zero-order valence-corrected chi connectivity index (χ0v) is 18.0. The minimum Gasteiger partial charge on any atom is -0.392 e. The second-order valence-corrected chi connectivity index (χ2v) is 8.33. The largest absolute Gasteiger partial charge is 0.392 e. The fourth-order valence-corrected chi connectivity index (χ4v) is 4.48. The molecule has 0 bridgehead atoms. The lowest BCUT2D eigenvalue weighted by molar-refractivity contribution is -0.133. The lowest BCUT2D eigenvalue weighted by atomic mass is 9.89. The molecule has 1 unspecified atom stereocenters. The van der Waals surface area contributed by atoms with Gasteiger partial charge in [-0.05, 0) is 23.1 Å². The van der Waals surface area contributed by atoms with E-state index in [4.69, 9.17) is 0 Å². The summed E-state index contributed by atoms with van der Waals surface area (Å²) in [6.07, 6.45) is 0.509. The first-order valence-electron chi connectivity index (χ1n) is 11.0. The molecular formula is C27H30N2O2. The van der Waals surface area contributed by atoms with E-state index in [2.05, 4.69) is 17.0 Å². The van der Waals surface area contributed by atoms with E-state index in [1.807, 2.05) is 90.8 Å². The van der Waals surface area contributed by atoms with Crippen molar-refractivity contribution in [3.8, 4) is 0 Å². The highest BCUT2D eigenvalue weighted by Crippen LogP contribution is 2.31. The molecule has 1 N–H and O–H groups in total. The van der Waals surface area contributed by atoms with Crippen molar-refractivity contribution >= 4 is 5.91 Å². The Bertz CT molecular complexity index is 923. The maximum absolute atomic E-state index is 14.0. The van der Waals surface area contributed by atoms with Crippen LogP contribution in [0.3, 0.4) is 0 Å². The molecule has 3 aromatic carbocycles.